The maximum atomic E-state index is 6.19. The predicted molar refractivity (Wildman–Crippen MR) is 118 cm³/mol. The second kappa shape index (κ2) is 11.2. The van der Waals surface area contributed by atoms with Gasteiger partial charge in [-0.3, -0.25) is 0 Å². The van der Waals surface area contributed by atoms with Crippen LogP contribution in [-0.4, -0.2) is 7.11 Å². The average molecular weight is 439 g/mol. The smallest absolute Gasteiger partial charge is 0.120 e. The first-order valence-corrected chi connectivity index (χ1v) is 9.39. The van der Waals surface area contributed by atoms with Crippen molar-refractivity contribution >= 4 is 35.6 Å². The summed E-state index contributed by atoms with van der Waals surface area (Å²) in [4.78, 5) is 0. The standard InChI is InChI=1S/C22H21Cl2NO2.ClH/c1-26-20-9-5-16(6-10-20)13-25-14-17-3-2-4-21(11-17)27-15-18-7-8-19(23)12-22(18)24;/h2-12,25H,13-15H2,1H3;1H. The zero-order valence-corrected chi connectivity index (χ0v) is 17.8. The number of nitrogens with one attached hydrogen (secondary N) is 1. The van der Waals surface area contributed by atoms with Crippen molar-refractivity contribution in [1.82, 2.24) is 5.32 Å². The summed E-state index contributed by atoms with van der Waals surface area (Å²) in [6.45, 7) is 1.94. The van der Waals surface area contributed by atoms with Gasteiger partial charge in [-0.25, -0.2) is 0 Å². The Balaban J connectivity index is 0.00000280. The average Bonchev–Trinajstić information content (AvgIpc) is 2.68. The summed E-state index contributed by atoms with van der Waals surface area (Å²) >= 11 is 12.1. The Morgan fingerprint density at radius 1 is 0.821 bits per heavy atom. The number of hydrogen-bond donors (Lipinski definition) is 1. The summed E-state index contributed by atoms with van der Waals surface area (Å²) in [6.07, 6.45) is 0. The molecule has 1 N–H and O–H groups in total. The first-order chi connectivity index (χ1) is 13.1. The van der Waals surface area contributed by atoms with E-state index in [9.17, 15) is 0 Å². The number of rotatable bonds is 8. The molecule has 3 rings (SSSR count). The Morgan fingerprint density at radius 3 is 2.29 bits per heavy atom. The molecule has 0 bridgehead atoms. The zero-order valence-electron chi connectivity index (χ0n) is 15.5. The molecule has 0 amide bonds. The third-order valence-electron chi connectivity index (χ3n) is 4.13. The van der Waals surface area contributed by atoms with Gasteiger partial charge in [0.05, 0.1) is 7.11 Å². The van der Waals surface area contributed by atoms with Gasteiger partial charge in [0.15, 0.2) is 0 Å². The van der Waals surface area contributed by atoms with Crippen LogP contribution in [0.1, 0.15) is 16.7 Å². The zero-order chi connectivity index (χ0) is 19.1. The molecule has 0 aliphatic carbocycles. The van der Waals surface area contributed by atoms with Gasteiger partial charge in [-0.15, -0.1) is 12.4 Å². The summed E-state index contributed by atoms with van der Waals surface area (Å²) in [5.74, 6) is 1.68. The Kier molecular flexibility index (Phi) is 8.94. The second-order valence-electron chi connectivity index (χ2n) is 6.12. The minimum atomic E-state index is 0. The normalized spacial score (nSPS) is 10.2. The molecule has 3 aromatic rings. The van der Waals surface area contributed by atoms with Crippen molar-refractivity contribution in [3.05, 3.63) is 93.5 Å². The molecule has 3 aromatic carbocycles. The monoisotopic (exact) mass is 437 g/mol. The molecule has 0 aromatic heterocycles. The highest BCUT2D eigenvalue weighted by Crippen LogP contribution is 2.23. The van der Waals surface area contributed by atoms with E-state index >= 15 is 0 Å². The molecule has 0 radical (unpaired) electrons. The molecule has 0 atom stereocenters. The molecular formula is C22H22Cl3NO2. The van der Waals surface area contributed by atoms with Gasteiger partial charge in [0, 0.05) is 28.7 Å². The van der Waals surface area contributed by atoms with Crippen LogP contribution < -0.4 is 14.8 Å². The van der Waals surface area contributed by atoms with E-state index in [1.165, 1.54) is 5.56 Å². The Hall–Kier alpha value is -1.91. The lowest BCUT2D eigenvalue weighted by Gasteiger charge is -2.10. The third kappa shape index (κ3) is 6.61. The van der Waals surface area contributed by atoms with Gasteiger partial charge in [0.2, 0.25) is 0 Å². The number of halogens is 3. The summed E-state index contributed by atoms with van der Waals surface area (Å²) in [7, 11) is 1.67. The van der Waals surface area contributed by atoms with Gasteiger partial charge in [0.1, 0.15) is 18.1 Å². The van der Waals surface area contributed by atoms with Gasteiger partial charge < -0.3 is 14.8 Å². The van der Waals surface area contributed by atoms with Crippen molar-refractivity contribution in [3.8, 4) is 11.5 Å². The lowest BCUT2D eigenvalue weighted by molar-refractivity contribution is 0.306. The van der Waals surface area contributed by atoms with Crippen LogP contribution in [0.2, 0.25) is 10.0 Å². The lowest BCUT2D eigenvalue weighted by Crippen LogP contribution is -2.12. The third-order valence-corrected chi connectivity index (χ3v) is 4.71. The van der Waals surface area contributed by atoms with Crippen molar-refractivity contribution in [2.24, 2.45) is 0 Å². The lowest BCUT2D eigenvalue weighted by atomic mass is 10.2. The van der Waals surface area contributed by atoms with Crippen molar-refractivity contribution in [2.75, 3.05) is 7.11 Å². The minimum Gasteiger partial charge on any atom is -0.497 e. The Labute approximate surface area is 182 Å². The van der Waals surface area contributed by atoms with Crippen molar-refractivity contribution < 1.29 is 9.47 Å². The fourth-order valence-corrected chi connectivity index (χ4v) is 3.10. The maximum absolute atomic E-state index is 6.19. The molecular weight excluding hydrogens is 417 g/mol. The number of benzene rings is 3. The second-order valence-corrected chi connectivity index (χ2v) is 6.97. The number of hydrogen-bond acceptors (Lipinski definition) is 3. The molecule has 0 saturated carbocycles. The van der Waals surface area contributed by atoms with Crippen LogP contribution in [0.25, 0.3) is 0 Å². The van der Waals surface area contributed by atoms with Crippen LogP contribution in [0.15, 0.2) is 66.7 Å². The van der Waals surface area contributed by atoms with E-state index in [1.54, 1.807) is 13.2 Å². The first-order valence-electron chi connectivity index (χ1n) is 8.63. The SMILES string of the molecule is COc1ccc(CNCc2cccc(OCc3ccc(Cl)cc3Cl)c2)cc1.Cl. The van der Waals surface area contributed by atoms with E-state index in [4.69, 9.17) is 32.7 Å². The van der Waals surface area contributed by atoms with Crippen LogP contribution in [0, 0.1) is 0 Å². The number of methoxy groups -OCH3 is 1. The van der Waals surface area contributed by atoms with Crippen molar-refractivity contribution in [2.45, 2.75) is 19.7 Å². The molecule has 3 nitrogen and oxygen atoms in total. The molecule has 0 heterocycles. The van der Waals surface area contributed by atoms with Crippen LogP contribution in [-0.2, 0) is 19.7 Å². The van der Waals surface area contributed by atoms with E-state index in [0.717, 1.165) is 35.7 Å². The fraction of sp³-hybridized carbons (Fsp3) is 0.182. The molecule has 0 unspecified atom stereocenters. The quantitative estimate of drug-likeness (QED) is 0.448. The minimum absolute atomic E-state index is 0. The van der Waals surface area contributed by atoms with E-state index in [0.29, 0.717) is 16.7 Å². The van der Waals surface area contributed by atoms with Crippen LogP contribution >= 0.6 is 35.6 Å². The first kappa shape index (κ1) is 22.4. The highest BCUT2D eigenvalue weighted by atomic mass is 35.5. The topological polar surface area (TPSA) is 30.5 Å². The summed E-state index contributed by atoms with van der Waals surface area (Å²) in [6, 6.07) is 21.5. The molecule has 6 heteroatoms. The molecule has 0 saturated heterocycles. The van der Waals surface area contributed by atoms with Crippen LogP contribution in [0.3, 0.4) is 0 Å². The van der Waals surface area contributed by atoms with Gasteiger partial charge in [-0.05, 0) is 47.5 Å². The van der Waals surface area contributed by atoms with Crippen LogP contribution in [0.5, 0.6) is 11.5 Å². The molecule has 28 heavy (non-hydrogen) atoms. The van der Waals surface area contributed by atoms with Gasteiger partial charge in [-0.1, -0.05) is 53.5 Å². The van der Waals surface area contributed by atoms with Crippen molar-refractivity contribution in [1.29, 1.82) is 0 Å². The largest absolute Gasteiger partial charge is 0.497 e. The van der Waals surface area contributed by atoms with E-state index in [1.807, 2.05) is 42.5 Å². The molecule has 0 fully saturated rings. The van der Waals surface area contributed by atoms with Gasteiger partial charge >= 0.3 is 0 Å². The Bertz CT molecular complexity index is 885. The molecule has 0 aliphatic heterocycles. The summed E-state index contributed by atoms with van der Waals surface area (Å²) in [5, 5.41) is 4.67. The molecule has 0 aliphatic rings. The fourth-order valence-electron chi connectivity index (χ4n) is 2.64. The number of ether oxygens (including phenoxy) is 2. The maximum Gasteiger partial charge on any atom is 0.120 e. The highest BCUT2D eigenvalue weighted by Gasteiger charge is 2.03. The van der Waals surface area contributed by atoms with Gasteiger partial charge in [0.25, 0.3) is 0 Å². The van der Waals surface area contributed by atoms with E-state index in [-0.39, 0.29) is 12.4 Å². The predicted octanol–water partition coefficient (Wildman–Crippen LogP) is 6.29. The Morgan fingerprint density at radius 2 is 1.57 bits per heavy atom. The summed E-state index contributed by atoms with van der Waals surface area (Å²) < 4.78 is 11.0. The van der Waals surface area contributed by atoms with Crippen molar-refractivity contribution in [3.63, 3.8) is 0 Å². The van der Waals surface area contributed by atoms with Gasteiger partial charge in [-0.2, -0.15) is 0 Å². The molecule has 0 spiro atoms. The summed E-state index contributed by atoms with van der Waals surface area (Å²) in [5.41, 5.74) is 3.27. The highest BCUT2D eigenvalue weighted by molar-refractivity contribution is 6.35. The van der Waals surface area contributed by atoms with Crippen LogP contribution in [0.4, 0.5) is 0 Å². The van der Waals surface area contributed by atoms with E-state index in [2.05, 4.69) is 23.5 Å². The van der Waals surface area contributed by atoms with E-state index < -0.39 is 0 Å². The molecule has 148 valence electrons.